The maximum atomic E-state index is 13.6. The summed E-state index contributed by atoms with van der Waals surface area (Å²) in [6.07, 6.45) is 2.40. The van der Waals surface area contributed by atoms with E-state index in [4.69, 9.17) is 0 Å². The zero-order valence-electron chi connectivity index (χ0n) is 14.4. The lowest BCUT2D eigenvalue weighted by Gasteiger charge is -2.14. The maximum Gasteiger partial charge on any atom is 0.191 e. The van der Waals surface area contributed by atoms with E-state index in [2.05, 4.69) is 20.6 Å². The topological polar surface area (TPSA) is 52.6 Å². The fourth-order valence-electron chi connectivity index (χ4n) is 2.24. The minimum absolute atomic E-state index is 0.171. The molecule has 0 unspecified atom stereocenters. The quantitative estimate of drug-likeness (QED) is 0.630. The van der Waals surface area contributed by atoms with E-state index in [1.54, 1.807) is 25.4 Å². The first-order valence-corrected chi connectivity index (χ1v) is 7.90. The largest absolute Gasteiger partial charge is 0.363 e. The van der Waals surface area contributed by atoms with E-state index in [9.17, 15) is 4.39 Å². The Balaban J connectivity index is 1.82. The Kier molecular flexibility index (Phi) is 6.54. The van der Waals surface area contributed by atoms with Crippen molar-refractivity contribution in [1.29, 1.82) is 0 Å². The molecule has 0 spiro atoms. The number of aromatic nitrogens is 1. The molecule has 0 radical (unpaired) electrons. The third-order valence-corrected chi connectivity index (χ3v) is 3.60. The van der Waals surface area contributed by atoms with Gasteiger partial charge in [-0.2, -0.15) is 0 Å². The molecule has 0 saturated carbocycles. The molecule has 0 saturated heterocycles. The van der Waals surface area contributed by atoms with Gasteiger partial charge in [0.2, 0.25) is 0 Å². The van der Waals surface area contributed by atoms with Crippen molar-refractivity contribution in [3.8, 4) is 0 Å². The number of pyridine rings is 1. The van der Waals surface area contributed by atoms with E-state index in [1.807, 2.05) is 37.2 Å². The molecule has 0 atom stereocenters. The van der Waals surface area contributed by atoms with Gasteiger partial charge in [-0.15, -0.1) is 0 Å². The van der Waals surface area contributed by atoms with Gasteiger partial charge in [-0.25, -0.2) is 9.37 Å². The Morgan fingerprint density at radius 2 is 2.00 bits per heavy atom. The van der Waals surface area contributed by atoms with Gasteiger partial charge in [0.15, 0.2) is 5.96 Å². The third-order valence-electron chi connectivity index (χ3n) is 3.60. The maximum absolute atomic E-state index is 13.6. The molecule has 0 amide bonds. The lowest BCUT2D eigenvalue weighted by atomic mass is 10.1. The van der Waals surface area contributed by atoms with Crippen LogP contribution < -0.4 is 15.5 Å². The average Bonchev–Trinajstić information content (AvgIpc) is 2.59. The summed E-state index contributed by atoms with van der Waals surface area (Å²) in [7, 11) is 5.64. The fourth-order valence-corrected chi connectivity index (χ4v) is 2.24. The van der Waals surface area contributed by atoms with Crippen molar-refractivity contribution >= 4 is 11.8 Å². The van der Waals surface area contributed by atoms with Crippen molar-refractivity contribution in [3.63, 3.8) is 0 Å². The summed E-state index contributed by atoms with van der Waals surface area (Å²) in [5.74, 6) is 1.43. The Morgan fingerprint density at radius 1 is 1.21 bits per heavy atom. The van der Waals surface area contributed by atoms with Gasteiger partial charge in [-0.05, 0) is 35.7 Å². The van der Waals surface area contributed by atoms with Crippen molar-refractivity contribution in [3.05, 3.63) is 59.5 Å². The zero-order chi connectivity index (χ0) is 17.4. The molecule has 0 fully saturated rings. The highest BCUT2D eigenvalue weighted by molar-refractivity contribution is 5.79. The molecule has 24 heavy (non-hydrogen) atoms. The second-order valence-corrected chi connectivity index (χ2v) is 5.61. The number of aliphatic imine (C=N–C) groups is 1. The number of rotatable bonds is 6. The SMILES string of the molecule is CN=C(NCCc1ccccc1F)NCc1ccnc(N(C)C)c1. The van der Waals surface area contributed by atoms with Gasteiger partial charge < -0.3 is 15.5 Å². The number of halogens is 1. The van der Waals surface area contributed by atoms with Gasteiger partial charge in [0.25, 0.3) is 0 Å². The molecule has 2 aromatic rings. The number of benzene rings is 1. The number of nitrogens with zero attached hydrogens (tertiary/aromatic N) is 3. The van der Waals surface area contributed by atoms with E-state index in [1.165, 1.54) is 6.07 Å². The summed E-state index contributed by atoms with van der Waals surface area (Å²) < 4.78 is 13.6. The molecule has 5 nitrogen and oxygen atoms in total. The van der Waals surface area contributed by atoms with E-state index < -0.39 is 0 Å². The van der Waals surface area contributed by atoms with Crippen LogP contribution in [0.2, 0.25) is 0 Å². The first kappa shape index (κ1) is 17.7. The zero-order valence-corrected chi connectivity index (χ0v) is 14.4. The van der Waals surface area contributed by atoms with E-state index in [0.29, 0.717) is 31.0 Å². The van der Waals surface area contributed by atoms with Crippen LogP contribution in [0.4, 0.5) is 10.2 Å². The van der Waals surface area contributed by atoms with Crippen LogP contribution in [0.15, 0.2) is 47.6 Å². The van der Waals surface area contributed by atoms with Crippen LogP contribution in [0.3, 0.4) is 0 Å². The molecule has 0 bridgehead atoms. The Morgan fingerprint density at radius 3 is 2.71 bits per heavy atom. The highest BCUT2D eigenvalue weighted by atomic mass is 19.1. The first-order valence-electron chi connectivity index (χ1n) is 7.90. The van der Waals surface area contributed by atoms with Crippen molar-refractivity contribution < 1.29 is 4.39 Å². The predicted octanol–water partition coefficient (Wildman–Crippen LogP) is 2.19. The van der Waals surface area contributed by atoms with Crippen LogP contribution in [0, 0.1) is 5.82 Å². The number of nitrogens with one attached hydrogen (secondary N) is 2. The summed E-state index contributed by atoms with van der Waals surface area (Å²) >= 11 is 0. The van der Waals surface area contributed by atoms with E-state index in [0.717, 1.165) is 11.4 Å². The highest BCUT2D eigenvalue weighted by Crippen LogP contribution is 2.09. The number of anilines is 1. The Hall–Kier alpha value is -2.63. The third kappa shape index (κ3) is 5.22. The van der Waals surface area contributed by atoms with Crippen LogP contribution in [0.1, 0.15) is 11.1 Å². The molecule has 1 heterocycles. The number of hydrogen-bond acceptors (Lipinski definition) is 3. The summed E-state index contributed by atoms with van der Waals surface area (Å²) in [5, 5.41) is 6.45. The molecule has 128 valence electrons. The van der Waals surface area contributed by atoms with E-state index in [-0.39, 0.29) is 5.82 Å². The predicted molar refractivity (Wildman–Crippen MR) is 96.9 cm³/mol. The van der Waals surface area contributed by atoms with Gasteiger partial charge >= 0.3 is 0 Å². The Bertz CT molecular complexity index is 685. The van der Waals surface area contributed by atoms with Crippen LogP contribution in [-0.4, -0.2) is 38.6 Å². The molecular weight excluding hydrogens is 305 g/mol. The first-order chi connectivity index (χ1) is 11.6. The molecule has 1 aromatic heterocycles. The summed E-state index contributed by atoms with van der Waals surface area (Å²) in [6.45, 7) is 1.25. The summed E-state index contributed by atoms with van der Waals surface area (Å²) in [4.78, 5) is 10.4. The minimum Gasteiger partial charge on any atom is -0.363 e. The summed E-state index contributed by atoms with van der Waals surface area (Å²) in [5.41, 5.74) is 1.82. The second-order valence-electron chi connectivity index (χ2n) is 5.61. The average molecular weight is 329 g/mol. The minimum atomic E-state index is -0.171. The molecule has 2 rings (SSSR count). The Labute approximate surface area is 142 Å². The van der Waals surface area contributed by atoms with Crippen LogP contribution >= 0.6 is 0 Å². The molecule has 0 aliphatic carbocycles. The summed E-state index contributed by atoms with van der Waals surface area (Å²) in [6, 6.07) is 10.8. The standard InChI is InChI=1S/C18H24FN5/c1-20-18(22-11-9-15-6-4-5-7-16(15)19)23-13-14-8-10-21-17(12-14)24(2)3/h4-8,10,12H,9,11,13H2,1-3H3,(H2,20,22,23). The lowest BCUT2D eigenvalue weighted by Crippen LogP contribution is -2.38. The second kappa shape index (κ2) is 8.86. The van der Waals surface area contributed by atoms with Crippen molar-refractivity contribution in [2.24, 2.45) is 4.99 Å². The molecule has 1 aromatic carbocycles. The van der Waals surface area contributed by atoms with Crippen LogP contribution in [0.25, 0.3) is 0 Å². The van der Waals surface area contributed by atoms with Crippen molar-refractivity contribution in [2.75, 3.05) is 32.6 Å². The normalized spacial score (nSPS) is 11.2. The van der Waals surface area contributed by atoms with Gasteiger partial charge in [0, 0.05) is 40.4 Å². The molecule has 6 heteroatoms. The van der Waals surface area contributed by atoms with Crippen LogP contribution in [0.5, 0.6) is 0 Å². The highest BCUT2D eigenvalue weighted by Gasteiger charge is 2.03. The van der Waals surface area contributed by atoms with E-state index >= 15 is 0 Å². The van der Waals surface area contributed by atoms with Gasteiger partial charge in [0.1, 0.15) is 11.6 Å². The van der Waals surface area contributed by atoms with Crippen molar-refractivity contribution in [1.82, 2.24) is 15.6 Å². The lowest BCUT2D eigenvalue weighted by molar-refractivity contribution is 0.606. The monoisotopic (exact) mass is 329 g/mol. The van der Waals surface area contributed by atoms with Gasteiger partial charge in [-0.3, -0.25) is 4.99 Å². The van der Waals surface area contributed by atoms with Gasteiger partial charge in [0.05, 0.1) is 0 Å². The van der Waals surface area contributed by atoms with Crippen molar-refractivity contribution in [2.45, 2.75) is 13.0 Å². The fraction of sp³-hybridized carbons (Fsp3) is 0.333. The number of guanidine groups is 1. The van der Waals surface area contributed by atoms with Gasteiger partial charge in [-0.1, -0.05) is 18.2 Å². The molecule has 0 aliphatic rings. The molecule has 2 N–H and O–H groups in total. The molecular formula is C18H24FN5. The molecule has 0 aliphatic heterocycles. The smallest absolute Gasteiger partial charge is 0.191 e. The van der Waals surface area contributed by atoms with Crippen LogP contribution in [-0.2, 0) is 13.0 Å². The number of hydrogen-bond donors (Lipinski definition) is 2.